The zero-order chi connectivity index (χ0) is 15.4. The number of aromatic nitrogens is 4. The van der Waals surface area contributed by atoms with Crippen molar-refractivity contribution in [1.29, 1.82) is 0 Å². The third-order valence-corrected chi connectivity index (χ3v) is 2.33. The maximum absolute atomic E-state index is 13.5. The van der Waals surface area contributed by atoms with Gasteiger partial charge in [0.05, 0.1) is 17.8 Å². The van der Waals surface area contributed by atoms with Crippen molar-refractivity contribution in [1.82, 2.24) is 25.9 Å². The van der Waals surface area contributed by atoms with Crippen molar-refractivity contribution >= 4 is 17.7 Å². The van der Waals surface area contributed by atoms with E-state index in [9.17, 15) is 18.4 Å². The summed E-state index contributed by atoms with van der Waals surface area (Å²) in [6.07, 6.45) is 0. The molecule has 1 heterocycles. The fraction of sp³-hybridized carbons (Fsp3) is 0.100. The Morgan fingerprint density at radius 3 is 2.67 bits per heavy atom. The number of carboxylic acids is 1. The molecular weight excluding hydrogens is 290 g/mol. The quantitative estimate of drug-likeness (QED) is 0.649. The first-order valence-electron chi connectivity index (χ1n) is 5.47. The van der Waals surface area contributed by atoms with E-state index < -0.39 is 34.9 Å². The van der Waals surface area contributed by atoms with Crippen molar-refractivity contribution in [2.45, 2.75) is 6.54 Å². The van der Waals surface area contributed by atoms with Gasteiger partial charge in [0.2, 0.25) is 0 Å². The molecule has 2 rings (SSSR count). The van der Waals surface area contributed by atoms with Gasteiger partial charge in [-0.05, 0) is 6.07 Å². The molecule has 1 aromatic heterocycles. The number of tetrazole rings is 1. The van der Waals surface area contributed by atoms with E-state index in [0.717, 1.165) is 0 Å². The number of hydrogen-bond acceptors (Lipinski definition) is 5. The second-order valence-electron chi connectivity index (χ2n) is 3.75. The van der Waals surface area contributed by atoms with Crippen molar-refractivity contribution in [2.24, 2.45) is 0 Å². The number of urea groups is 1. The van der Waals surface area contributed by atoms with Crippen LogP contribution < -0.4 is 10.6 Å². The van der Waals surface area contributed by atoms with Crippen LogP contribution in [0.1, 0.15) is 16.2 Å². The first-order valence-corrected chi connectivity index (χ1v) is 5.47. The molecule has 0 saturated carbocycles. The van der Waals surface area contributed by atoms with Crippen LogP contribution in [0.4, 0.5) is 19.3 Å². The van der Waals surface area contributed by atoms with Gasteiger partial charge in [0.1, 0.15) is 11.6 Å². The van der Waals surface area contributed by atoms with E-state index in [1.54, 1.807) is 0 Å². The fourth-order valence-electron chi connectivity index (χ4n) is 1.39. The van der Waals surface area contributed by atoms with Crippen molar-refractivity contribution in [2.75, 3.05) is 5.32 Å². The molecule has 0 atom stereocenters. The number of nitrogens with one attached hydrogen (secondary N) is 3. The van der Waals surface area contributed by atoms with Crippen LogP contribution in [0.15, 0.2) is 12.1 Å². The number of halogens is 2. The predicted octanol–water partition coefficient (Wildman–Crippen LogP) is 0.498. The standard InChI is InChI=1S/C10H8F2N6O3/c11-5-2-6(12)7(1-4(5)9(19)20)14-10(21)13-3-8-15-17-18-16-8/h1-2H,3H2,(H,19,20)(H2,13,14,21)(H,15,16,17,18). The number of carboxylic acid groups (broad SMARTS) is 1. The van der Waals surface area contributed by atoms with E-state index >= 15 is 0 Å². The second-order valence-corrected chi connectivity index (χ2v) is 3.75. The Balaban J connectivity index is 2.06. The van der Waals surface area contributed by atoms with Crippen LogP contribution in [0.3, 0.4) is 0 Å². The third-order valence-electron chi connectivity index (χ3n) is 2.33. The topological polar surface area (TPSA) is 133 Å². The molecule has 0 aliphatic heterocycles. The molecule has 0 radical (unpaired) electrons. The summed E-state index contributed by atoms with van der Waals surface area (Å²) < 4.78 is 26.6. The first-order chi connectivity index (χ1) is 9.97. The predicted molar refractivity (Wildman–Crippen MR) is 63.4 cm³/mol. The Morgan fingerprint density at radius 2 is 2.05 bits per heavy atom. The number of aromatic amines is 1. The van der Waals surface area contributed by atoms with E-state index in [0.29, 0.717) is 12.1 Å². The number of anilines is 1. The summed E-state index contributed by atoms with van der Waals surface area (Å²) in [5, 5.41) is 25.6. The Kier molecular flexibility index (Phi) is 4.02. The van der Waals surface area contributed by atoms with Gasteiger partial charge in [-0.1, -0.05) is 5.21 Å². The van der Waals surface area contributed by atoms with Gasteiger partial charge >= 0.3 is 12.0 Å². The Morgan fingerprint density at radius 1 is 1.29 bits per heavy atom. The monoisotopic (exact) mass is 298 g/mol. The molecule has 0 spiro atoms. The third kappa shape index (κ3) is 3.46. The van der Waals surface area contributed by atoms with Crippen LogP contribution in [-0.4, -0.2) is 37.7 Å². The summed E-state index contributed by atoms with van der Waals surface area (Å²) in [5.41, 5.74) is -1.23. The number of benzene rings is 1. The normalized spacial score (nSPS) is 10.2. The average molecular weight is 298 g/mol. The summed E-state index contributed by atoms with van der Waals surface area (Å²) in [6, 6.07) is 0.209. The van der Waals surface area contributed by atoms with E-state index in [-0.39, 0.29) is 12.4 Å². The van der Waals surface area contributed by atoms with Crippen molar-refractivity contribution in [3.8, 4) is 0 Å². The van der Waals surface area contributed by atoms with Gasteiger partial charge in [0, 0.05) is 6.07 Å². The van der Waals surface area contributed by atoms with Crippen LogP contribution >= 0.6 is 0 Å². The van der Waals surface area contributed by atoms with E-state index in [2.05, 4.69) is 31.3 Å². The summed E-state index contributed by atoms with van der Waals surface area (Å²) in [4.78, 5) is 22.2. The molecule has 1 aromatic carbocycles. The highest BCUT2D eigenvalue weighted by Gasteiger charge is 2.16. The lowest BCUT2D eigenvalue weighted by atomic mass is 10.2. The zero-order valence-electron chi connectivity index (χ0n) is 10.2. The lowest BCUT2D eigenvalue weighted by molar-refractivity contribution is 0.0692. The maximum Gasteiger partial charge on any atom is 0.338 e. The summed E-state index contributed by atoms with van der Waals surface area (Å²) in [6.45, 7) is -0.0864. The van der Waals surface area contributed by atoms with E-state index in [4.69, 9.17) is 5.11 Å². The second kappa shape index (κ2) is 5.90. The van der Waals surface area contributed by atoms with Crippen molar-refractivity contribution < 1.29 is 23.5 Å². The summed E-state index contributed by atoms with van der Waals surface area (Å²) in [7, 11) is 0. The molecule has 0 aliphatic rings. The van der Waals surface area contributed by atoms with Crippen LogP contribution in [0.2, 0.25) is 0 Å². The lowest BCUT2D eigenvalue weighted by Gasteiger charge is -2.08. The highest BCUT2D eigenvalue weighted by molar-refractivity contribution is 5.93. The van der Waals surface area contributed by atoms with Gasteiger partial charge in [-0.15, -0.1) is 10.2 Å². The van der Waals surface area contributed by atoms with Gasteiger partial charge in [-0.3, -0.25) is 0 Å². The highest BCUT2D eigenvalue weighted by atomic mass is 19.1. The number of amides is 2. The van der Waals surface area contributed by atoms with Gasteiger partial charge < -0.3 is 15.7 Å². The average Bonchev–Trinajstić information content (AvgIpc) is 2.92. The Labute approximate surface area is 115 Å². The molecule has 2 aromatic rings. The molecule has 0 bridgehead atoms. The van der Waals surface area contributed by atoms with Crippen LogP contribution in [0.25, 0.3) is 0 Å². The molecule has 0 fully saturated rings. The smallest absolute Gasteiger partial charge is 0.338 e. The molecule has 0 aliphatic carbocycles. The van der Waals surface area contributed by atoms with Gasteiger partial charge in [0.25, 0.3) is 0 Å². The number of carbonyl (C=O) groups excluding carboxylic acids is 1. The molecule has 21 heavy (non-hydrogen) atoms. The van der Waals surface area contributed by atoms with Gasteiger partial charge in [-0.2, -0.15) is 5.21 Å². The highest BCUT2D eigenvalue weighted by Crippen LogP contribution is 2.19. The minimum absolute atomic E-state index is 0.0864. The molecular formula is C10H8F2N6O3. The minimum Gasteiger partial charge on any atom is -0.478 e. The number of H-pyrrole nitrogens is 1. The molecule has 4 N–H and O–H groups in total. The number of nitrogens with zero attached hydrogens (tertiary/aromatic N) is 3. The maximum atomic E-state index is 13.5. The molecule has 0 saturated heterocycles. The molecule has 110 valence electrons. The number of carbonyl (C=O) groups is 2. The van der Waals surface area contributed by atoms with Crippen LogP contribution in [-0.2, 0) is 6.54 Å². The zero-order valence-corrected chi connectivity index (χ0v) is 10.2. The van der Waals surface area contributed by atoms with Gasteiger partial charge in [0.15, 0.2) is 5.82 Å². The Hall–Kier alpha value is -3.11. The molecule has 9 nitrogen and oxygen atoms in total. The van der Waals surface area contributed by atoms with Gasteiger partial charge in [-0.25, -0.2) is 18.4 Å². The molecule has 0 unspecified atom stereocenters. The number of hydrogen-bond donors (Lipinski definition) is 4. The van der Waals surface area contributed by atoms with Crippen LogP contribution in [0, 0.1) is 11.6 Å². The van der Waals surface area contributed by atoms with Crippen molar-refractivity contribution in [3.05, 3.63) is 35.2 Å². The largest absolute Gasteiger partial charge is 0.478 e. The Bertz CT molecular complexity index is 676. The SMILES string of the molecule is O=C(NCc1nn[nH]n1)Nc1cc(C(=O)O)c(F)cc1F. The lowest BCUT2D eigenvalue weighted by Crippen LogP contribution is -2.29. The summed E-state index contributed by atoms with van der Waals surface area (Å²) >= 11 is 0. The molecule has 2 amide bonds. The minimum atomic E-state index is -1.58. The summed E-state index contributed by atoms with van der Waals surface area (Å²) in [5.74, 6) is -3.73. The first kappa shape index (κ1) is 14.3. The number of rotatable bonds is 4. The van der Waals surface area contributed by atoms with Crippen LogP contribution in [0.5, 0.6) is 0 Å². The number of aromatic carboxylic acids is 1. The molecule has 11 heteroatoms. The van der Waals surface area contributed by atoms with E-state index in [1.807, 2.05) is 0 Å². The van der Waals surface area contributed by atoms with E-state index in [1.165, 1.54) is 0 Å². The fourth-order valence-corrected chi connectivity index (χ4v) is 1.39. The van der Waals surface area contributed by atoms with Crippen molar-refractivity contribution in [3.63, 3.8) is 0 Å².